The van der Waals surface area contributed by atoms with Gasteiger partial charge in [0.05, 0.1) is 6.42 Å². The van der Waals surface area contributed by atoms with Gasteiger partial charge in [0.1, 0.15) is 5.78 Å². The predicted octanol–water partition coefficient (Wildman–Crippen LogP) is 1.46. The van der Waals surface area contributed by atoms with Crippen LogP contribution in [0.5, 0.6) is 0 Å². The fraction of sp³-hybridized carbons (Fsp3) is 0.667. The Balaban J connectivity index is 3.00. The summed E-state index contributed by atoms with van der Waals surface area (Å²) in [5, 5.41) is 0. The molecular formula is C6H10O. The summed E-state index contributed by atoms with van der Waals surface area (Å²) in [4.78, 5) is 10.3. The summed E-state index contributed by atoms with van der Waals surface area (Å²) in [6.07, 6.45) is 3.99. The van der Waals surface area contributed by atoms with Gasteiger partial charge < -0.3 is 0 Å². The van der Waals surface area contributed by atoms with Crippen LogP contribution in [0.4, 0.5) is 0 Å². The normalized spacial score (nSPS) is 8.86. The highest BCUT2D eigenvalue weighted by molar-refractivity contribution is 5.86. The Morgan fingerprint density at radius 3 is 2.29 bits per heavy atom. The molecule has 0 aromatic rings. The summed E-state index contributed by atoms with van der Waals surface area (Å²) in [6, 6.07) is 0. The van der Waals surface area contributed by atoms with Crippen molar-refractivity contribution in [1.29, 1.82) is 0 Å². The first-order chi connectivity index (χ1) is 3.31. The maximum Gasteiger partial charge on any atom is 0.140 e. The van der Waals surface area contributed by atoms with Gasteiger partial charge in [0.15, 0.2) is 0 Å². The molecule has 0 aliphatic carbocycles. The van der Waals surface area contributed by atoms with Gasteiger partial charge in [-0.1, -0.05) is 13.8 Å². The molecule has 0 spiro atoms. The molecule has 1 heteroatoms. The molecule has 0 aliphatic rings. The Morgan fingerprint density at radius 1 is 1.57 bits per heavy atom. The summed E-state index contributed by atoms with van der Waals surface area (Å²) in [5.74, 6) is 0.127. The van der Waals surface area contributed by atoms with E-state index < -0.39 is 0 Å². The van der Waals surface area contributed by atoms with Crippen LogP contribution in [0.15, 0.2) is 0 Å². The van der Waals surface area contributed by atoms with Gasteiger partial charge in [-0.2, -0.15) is 0 Å². The molecular weight excluding hydrogens is 88.1 g/mol. The first-order valence-electron chi connectivity index (χ1n) is 2.58. The molecule has 0 fully saturated rings. The predicted molar refractivity (Wildman–Crippen MR) is 28.8 cm³/mol. The molecule has 40 valence electrons. The van der Waals surface area contributed by atoms with Crippen molar-refractivity contribution >= 4 is 5.78 Å². The first kappa shape index (κ1) is 6.67. The monoisotopic (exact) mass is 98.1 g/mol. The minimum atomic E-state index is 0.127. The molecule has 0 saturated carbocycles. The van der Waals surface area contributed by atoms with Crippen molar-refractivity contribution in [2.75, 3.05) is 0 Å². The Morgan fingerprint density at radius 2 is 2.14 bits per heavy atom. The summed E-state index contributed by atoms with van der Waals surface area (Å²) >= 11 is 0. The molecule has 7 heavy (non-hydrogen) atoms. The molecule has 0 amide bonds. The van der Waals surface area contributed by atoms with Crippen LogP contribution in [-0.4, -0.2) is 5.78 Å². The van der Waals surface area contributed by atoms with E-state index in [1.165, 1.54) is 0 Å². The number of Topliss-reactive ketones (excluding diaryl/α,β-unsaturated/α-hetero) is 1. The zero-order valence-electron chi connectivity index (χ0n) is 4.82. The van der Waals surface area contributed by atoms with Crippen LogP contribution >= 0.6 is 0 Å². The minimum Gasteiger partial charge on any atom is -0.299 e. The third-order valence-electron chi connectivity index (χ3n) is 0.695. The van der Waals surface area contributed by atoms with Gasteiger partial charge in [-0.3, -0.25) is 4.79 Å². The second-order valence-corrected chi connectivity index (χ2v) is 1.31. The Hall–Kier alpha value is -0.330. The fourth-order valence-corrected chi connectivity index (χ4v) is 0.322. The van der Waals surface area contributed by atoms with Gasteiger partial charge in [-0.15, -0.1) is 0 Å². The van der Waals surface area contributed by atoms with Crippen LogP contribution in [-0.2, 0) is 4.79 Å². The number of rotatable bonds is 3. The van der Waals surface area contributed by atoms with Gasteiger partial charge >= 0.3 is 0 Å². The molecule has 0 bridgehead atoms. The van der Waals surface area contributed by atoms with Crippen molar-refractivity contribution in [1.82, 2.24) is 0 Å². The molecule has 0 aliphatic heterocycles. The van der Waals surface area contributed by atoms with E-state index in [-0.39, 0.29) is 5.78 Å². The maximum absolute atomic E-state index is 10.3. The molecule has 0 unspecified atom stereocenters. The summed E-state index contributed by atoms with van der Waals surface area (Å²) < 4.78 is 0. The third kappa shape index (κ3) is 3.50. The maximum atomic E-state index is 10.3. The molecule has 0 aromatic carbocycles. The summed E-state index contributed by atoms with van der Waals surface area (Å²) in [5.41, 5.74) is 0. The van der Waals surface area contributed by atoms with Crippen LogP contribution in [0.3, 0.4) is 0 Å². The Kier molecular flexibility index (Phi) is 3.67. The summed E-state index contributed by atoms with van der Waals surface area (Å²) in [6.45, 7) is 3.75. The second-order valence-electron chi connectivity index (χ2n) is 1.31. The van der Waals surface area contributed by atoms with Crippen molar-refractivity contribution in [3.63, 3.8) is 0 Å². The highest BCUT2D eigenvalue weighted by atomic mass is 16.1. The number of carbonyl (C=O) groups excluding carboxylic acids is 1. The number of hydrogen-bond donors (Lipinski definition) is 0. The SMILES string of the molecule is CC[C]C(=O)CC. The van der Waals surface area contributed by atoms with Gasteiger partial charge in [0.25, 0.3) is 0 Å². The second kappa shape index (κ2) is 3.85. The van der Waals surface area contributed by atoms with Crippen LogP contribution in [0.1, 0.15) is 26.7 Å². The van der Waals surface area contributed by atoms with Crippen molar-refractivity contribution in [2.45, 2.75) is 26.7 Å². The molecule has 0 aromatic heterocycles. The molecule has 0 atom stereocenters. The summed E-state index contributed by atoms with van der Waals surface area (Å²) in [7, 11) is 0. The van der Waals surface area contributed by atoms with Gasteiger partial charge in [0.2, 0.25) is 0 Å². The highest BCUT2D eigenvalue weighted by Crippen LogP contribution is 1.89. The van der Waals surface area contributed by atoms with Crippen molar-refractivity contribution in [2.24, 2.45) is 0 Å². The van der Waals surface area contributed by atoms with Gasteiger partial charge in [-0.05, 0) is 6.42 Å². The smallest absolute Gasteiger partial charge is 0.140 e. The lowest BCUT2D eigenvalue weighted by Gasteiger charge is -1.85. The largest absolute Gasteiger partial charge is 0.299 e. The van der Waals surface area contributed by atoms with Crippen LogP contribution in [0.2, 0.25) is 0 Å². The molecule has 0 saturated heterocycles. The van der Waals surface area contributed by atoms with Gasteiger partial charge in [0, 0.05) is 6.42 Å². The van der Waals surface area contributed by atoms with Crippen LogP contribution < -0.4 is 0 Å². The van der Waals surface area contributed by atoms with Gasteiger partial charge in [-0.25, -0.2) is 0 Å². The van der Waals surface area contributed by atoms with E-state index >= 15 is 0 Å². The average Bonchev–Trinajstić information content (AvgIpc) is 1.68. The number of hydrogen-bond acceptors (Lipinski definition) is 1. The highest BCUT2D eigenvalue weighted by Gasteiger charge is 1.92. The lowest BCUT2D eigenvalue weighted by Crippen LogP contribution is -1.92. The van der Waals surface area contributed by atoms with Crippen molar-refractivity contribution in [3.8, 4) is 0 Å². The third-order valence-corrected chi connectivity index (χ3v) is 0.695. The molecule has 0 rings (SSSR count). The minimum absolute atomic E-state index is 0.127. The molecule has 0 heterocycles. The topological polar surface area (TPSA) is 17.1 Å². The lowest BCUT2D eigenvalue weighted by atomic mass is 10.2. The van der Waals surface area contributed by atoms with E-state index in [9.17, 15) is 4.79 Å². The van der Waals surface area contributed by atoms with E-state index in [0.29, 0.717) is 6.42 Å². The van der Waals surface area contributed by atoms with E-state index in [4.69, 9.17) is 0 Å². The fourth-order valence-electron chi connectivity index (χ4n) is 0.322. The molecule has 1 nitrogen and oxygen atoms in total. The zero-order chi connectivity index (χ0) is 5.70. The Bertz CT molecular complexity index is 57.2. The van der Waals surface area contributed by atoms with Crippen molar-refractivity contribution in [3.05, 3.63) is 6.42 Å². The van der Waals surface area contributed by atoms with E-state index in [1.807, 2.05) is 13.8 Å². The number of ketones is 1. The van der Waals surface area contributed by atoms with Crippen molar-refractivity contribution < 1.29 is 4.79 Å². The quantitative estimate of drug-likeness (QED) is 0.522. The Labute approximate surface area is 44.7 Å². The average molecular weight is 98.1 g/mol. The van der Waals surface area contributed by atoms with E-state index in [2.05, 4.69) is 6.42 Å². The zero-order valence-corrected chi connectivity index (χ0v) is 4.82. The first-order valence-corrected chi connectivity index (χ1v) is 2.58. The lowest BCUT2D eigenvalue weighted by molar-refractivity contribution is -0.115. The van der Waals surface area contributed by atoms with E-state index in [1.54, 1.807) is 0 Å². The van der Waals surface area contributed by atoms with Crippen LogP contribution in [0, 0.1) is 6.42 Å². The standard InChI is InChI=1S/C6H10O/c1-3-5-6(7)4-2/h3-4H2,1-2H3. The molecule has 0 N–H and O–H groups in total. The van der Waals surface area contributed by atoms with E-state index in [0.717, 1.165) is 6.42 Å². The number of carbonyl (C=O) groups is 1. The van der Waals surface area contributed by atoms with Crippen LogP contribution in [0.25, 0.3) is 0 Å². The molecule has 2 radical (unpaired) electrons.